The van der Waals surface area contributed by atoms with Crippen molar-refractivity contribution in [2.45, 2.75) is 56.8 Å². The largest absolute Gasteiger partial charge is 0.378 e. The van der Waals surface area contributed by atoms with Crippen molar-refractivity contribution in [1.29, 1.82) is 0 Å². The van der Waals surface area contributed by atoms with Crippen LogP contribution in [0.1, 0.15) is 49.9 Å². The fraction of sp³-hybridized carbons (Fsp3) is 0.846. The molecule has 6 heteroatoms. The molecule has 106 valence electrons. The first kappa shape index (κ1) is 13.0. The van der Waals surface area contributed by atoms with Crippen molar-refractivity contribution in [2.24, 2.45) is 5.73 Å². The van der Waals surface area contributed by atoms with Gasteiger partial charge in [0.1, 0.15) is 6.10 Å². The Labute approximate surface area is 112 Å². The number of hydrogen-bond donors (Lipinski definition) is 1. The lowest BCUT2D eigenvalue weighted by Crippen LogP contribution is -2.21. The van der Waals surface area contributed by atoms with Crippen LogP contribution in [0.2, 0.25) is 0 Å². The van der Waals surface area contributed by atoms with Gasteiger partial charge in [0.05, 0.1) is 12.2 Å². The zero-order valence-electron chi connectivity index (χ0n) is 11.1. The summed E-state index contributed by atoms with van der Waals surface area (Å²) in [5.41, 5.74) is 5.59. The predicted molar refractivity (Wildman–Crippen MR) is 67.5 cm³/mol. The normalized spacial score (nSPS) is 31.7. The van der Waals surface area contributed by atoms with Gasteiger partial charge in [-0.1, -0.05) is 5.16 Å². The second kappa shape index (κ2) is 5.98. The van der Waals surface area contributed by atoms with Gasteiger partial charge in [-0.25, -0.2) is 0 Å². The Bertz CT molecular complexity index is 404. The second-order valence-corrected chi connectivity index (χ2v) is 5.30. The molecule has 3 heterocycles. The van der Waals surface area contributed by atoms with Crippen LogP contribution >= 0.6 is 0 Å². The van der Waals surface area contributed by atoms with E-state index in [4.69, 9.17) is 19.7 Å². The van der Waals surface area contributed by atoms with Crippen molar-refractivity contribution in [2.75, 3.05) is 13.2 Å². The molecule has 0 radical (unpaired) electrons. The molecule has 2 fully saturated rings. The van der Waals surface area contributed by atoms with E-state index in [0.29, 0.717) is 12.4 Å². The van der Waals surface area contributed by atoms with Crippen LogP contribution in [0.5, 0.6) is 0 Å². The quantitative estimate of drug-likeness (QED) is 0.886. The molecule has 0 spiro atoms. The van der Waals surface area contributed by atoms with Gasteiger partial charge in [-0.05, 0) is 32.1 Å². The maximum Gasteiger partial charge on any atom is 0.255 e. The number of hydrogen-bond acceptors (Lipinski definition) is 6. The minimum Gasteiger partial charge on any atom is -0.378 e. The third kappa shape index (κ3) is 3.13. The summed E-state index contributed by atoms with van der Waals surface area (Å²) in [4.78, 5) is 4.43. The zero-order valence-corrected chi connectivity index (χ0v) is 11.1. The molecule has 0 saturated carbocycles. The highest BCUT2D eigenvalue weighted by atomic mass is 16.5. The standard InChI is InChI=1S/C13H21N3O3/c14-8-10-4-5-11(18-10)13-15-12(16-19-13)7-9-3-1-2-6-17-9/h9-11H,1-8,14H2. The third-order valence-electron chi connectivity index (χ3n) is 3.81. The molecule has 2 aliphatic rings. The van der Waals surface area contributed by atoms with Crippen molar-refractivity contribution in [3.63, 3.8) is 0 Å². The maximum atomic E-state index is 5.75. The van der Waals surface area contributed by atoms with Gasteiger partial charge in [-0.2, -0.15) is 4.98 Å². The molecule has 3 unspecified atom stereocenters. The Morgan fingerprint density at radius 1 is 1.16 bits per heavy atom. The monoisotopic (exact) mass is 267 g/mol. The molecule has 1 aromatic rings. The van der Waals surface area contributed by atoms with Gasteiger partial charge in [0.2, 0.25) is 0 Å². The van der Waals surface area contributed by atoms with Crippen LogP contribution in [0.4, 0.5) is 0 Å². The van der Waals surface area contributed by atoms with Crippen molar-refractivity contribution >= 4 is 0 Å². The molecule has 0 aromatic carbocycles. The molecule has 0 amide bonds. The molecule has 0 aliphatic carbocycles. The van der Waals surface area contributed by atoms with E-state index < -0.39 is 0 Å². The van der Waals surface area contributed by atoms with Crippen LogP contribution in [-0.4, -0.2) is 35.5 Å². The van der Waals surface area contributed by atoms with Crippen LogP contribution in [-0.2, 0) is 15.9 Å². The van der Waals surface area contributed by atoms with E-state index >= 15 is 0 Å². The summed E-state index contributed by atoms with van der Waals surface area (Å²) in [6.45, 7) is 1.40. The molecule has 3 atom stereocenters. The molecular formula is C13H21N3O3. The summed E-state index contributed by atoms with van der Waals surface area (Å²) < 4.78 is 16.7. The average molecular weight is 267 g/mol. The predicted octanol–water partition coefficient (Wildman–Crippen LogP) is 1.36. The number of nitrogens with zero attached hydrogens (tertiary/aromatic N) is 2. The van der Waals surface area contributed by atoms with Gasteiger partial charge in [-0.15, -0.1) is 0 Å². The zero-order chi connectivity index (χ0) is 13.1. The Balaban J connectivity index is 1.57. The highest BCUT2D eigenvalue weighted by Gasteiger charge is 2.30. The highest BCUT2D eigenvalue weighted by molar-refractivity contribution is 4.95. The van der Waals surface area contributed by atoms with Crippen molar-refractivity contribution in [3.05, 3.63) is 11.7 Å². The third-order valence-corrected chi connectivity index (χ3v) is 3.81. The van der Waals surface area contributed by atoms with Gasteiger partial charge in [-0.3, -0.25) is 0 Å². The Morgan fingerprint density at radius 2 is 2.11 bits per heavy atom. The van der Waals surface area contributed by atoms with Crippen LogP contribution in [0.3, 0.4) is 0 Å². The fourth-order valence-corrected chi connectivity index (χ4v) is 2.71. The van der Waals surface area contributed by atoms with Gasteiger partial charge in [0.25, 0.3) is 5.89 Å². The number of aromatic nitrogens is 2. The van der Waals surface area contributed by atoms with Crippen LogP contribution in [0.15, 0.2) is 4.52 Å². The summed E-state index contributed by atoms with van der Waals surface area (Å²) in [7, 11) is 0. The van der Waals surface area contributed by atoms with E-state index in [1.54, 1.807) is 0 Å². The minimum atomic E-state index is -0.0814. The van der Waals surface area contributed by atoms with E-state index in [1.807, 2.05) is 0 Å². The SMILES string of the molecule is NCC1CCC(c2nc(CC3CCCCO3)no2)O1. The van der Waals surface area contributed by atoms with E-state index in [1.165, 1.54) is 6.42 Å². The molecule has 6 nitrogen and oxygen atoms in total. The Hall–Kier alpha value is -0.980. The van der Waals surface area contributed by atoms with E-state index in [0.717, 1.165) is 44.5 Å². The van der Waals surface area contributed by atoms with Crippen LogP contribution < -0.4 is 5.73 Å². The first-order valence-electron chi connectivity index (χ1n) is 7.15. The Kier molecular flexibility index (Phi) is 4.10. The summed E-state index contributed by atoms with van der Waals surface area (Å²) in [5, 5.41) is 4.03. The number of rotatable bonds is 4. The molecule has 2 saturated heterocycles. The van der Waals surface area contributed by atoms with Crippen LogP contribution in [0, 0.1) is 0 Å². The van der Waals surface area contributed by atoms with E-state index in [-0.39, 0.29) is 18.3 Å². The summed E-state index contributed by atoms with van der Waals surface area (Å²) in [5.74, 6) is 1.31. The molecule has 2 N–H and O–H groups in total. The van der Waals surface area contributed by atoms with Crippen molar-refractivity contribution < 1.29 is 14.0 Å². The minimum absolute atomic E-state index is 0.0814. The van der Waals surface area contributed by atoms with Gasteiger partial charge < -0.3 is 19.7 Å². The molecule has 2 aliphatic heterocycles. The topological polar surface area (TPSA) is 83.4 Å². The van der Waals surface area contributed by atoms with E-state index in [9.17, 15) is 0 Å². The lowest BCUT2D eigenvalue weighted by Gasteiger charge is -2.20. The molecule has 1 aromatic heterocycles. The fourth-order valence-electron chi connectivity index (χ4n) is 2.71. The molecule has 3 rings (SSSR count). The number of nitrogens with two attached hydrogens (primary N) is 1. The second-order valence-electron chi connectivity index (χ2n) is 5.30. The van der Waals surface area contributed by atoms with Crippen LogP contribution in [0.25, 0.3) is 0 Å². The molecule has 0 bridgehead atoms. The first-order chi connectivity index (χ1) is 9.35. The average Bonchev–Trinajstić information content (AvgIpc) is 3.08. The lowest BCUT2D eigenvalue weighted by atomic mass is 10.1. The Morgan fingerprint density at radius 3 is 2.84 bits per heavy atom. The summed E-state index contributed by atoms with van der Waals surface area (Å²) >= 11 is 0. The van der Waals surface area contributed by atoms with Gasteiger partial charge in [0.15, 0.2) is 5.82 Å². The maximum absolute atomic E-state index is 5.75. The van der Waals surface area contributed by atoms with E-state index in [2.05, 4.69) is 10.1 Å². The number of ether oxygens (including phenoxy) is 2. The first-order valence-corrected chi connectivity index (χ1v) is 7.15. The summed E-state index contributed by atoms with van der Waals surface area (Å²) in [6.07, 6.45) is 6.34. The van der Waals surface area contributed by atoms with Crippen molar-refractivity contribution in [1.82, 2.24) is 10.1 Å². The lowest BCUT2D eigenvalue weighted by molar-refractivity contribution is 0.0153. The van der Waals surface area contributed by atoms with Crippen molar-refractivity contribution in [3.8, 4) is 0 Å². The van der Waals surface area contributed by atoms with Gasteiger partial charge >= 0.3 is 0 Å². The smallest absolute Gasteiger partial charge is 0.255 e. The summed E-state index contributed by atoms with van der Waals surface area (Å²) in [6, 6.07) is 0. The highest BCUT2D eigenvalue weighted by Crippen LogP contribution is 2.31. The molecular weight excluding hydrogens is 246 g/mol. The van der Waals surface area contributed by atoms with Gasteiger partial charge in [0, 0.05) is 19.6 Å². The molecule has 19 heavy (non-hydrogen) atoms.